The van der Waals surface area contributed by atoms with Crippen molar-refractivity contribution in [1.29, 1.82) is 0 Å². The van der Waals surface area contributed by atoms with Gasteiger partial charge in [0.25, 0.3) is 0 Å². The summed E-state index contributed by atoms with van der Waals surface area (Å²) < 4.78 is 22.2. The van der Waals surface area contributed by atoms with Crippen LogP contribution in [0.2, 0.25) is 0 Å². The van der Waals surface area contributed by atoms with Crippen LogP contribution >= 0.6 is 0 Å². The van der Waals surface area contributed by atoms with Gasteiger partial charge in [0, 0.05) is 6.20 Å². The van der Waals surface area contributed by atoms with Gasteiger partial charge in [-0.15, -0.1) is 0 Å². The van der Waals surface area contributed by atoms with Crippen LogP contribution in [-0.2, 0) is 22.3 Å². The fourth-order valence-corrected chi connectivity index (χ4v) is 3.01. The predicted molar refractivity (Wildman–Crippen MR) is 111 cm³/mol. The number of rotatable bonds is 6. The van der Waals surface area contributed by atoms with Crippen molar-refractivity contribution in [1.82, 2.24) is 9.97 Å². The summed E-state index contributed by atoms with van der Waals surface area (Å²) in [6.07, 6.45) is 8.10. The van der Waals surface area contributed by atoms with Crippen LogP contribution in [0.4, 0.5) is 4.39 Å². The molecule has 0 saturated heterocycles. The molecule has 2 heterocycles. The van der Waals surface area contributed by atoms with Crippen LogP contribution in [0.5, 0.6) is 0 Å². The highest BCUT2D eigenvalue weighted by molar-refractivity contribution is 5.90. The van der Waals surface area contributed by atoms with Gasteiger partial charge in [0.2, 0.25) is 5.95 Å². The topological polar surface area (TPSA) is 78.4 Å². The Balaban J connectivity index is 0.000000207. The predicted octanol–water partition coefficient (Wildman–Crippen LogP) is 4.42. The number of aromatic nitrogens is 2. The summed E-state index contributed by atoms with van der Waals surface area (Å²) in [6.45, 7) is 0. The van der Waals surface area contributed by atoms with E-state index in [1.165, 1.54) is 39.2 Å². The summed E-state index contributed by atoms with van der Waals surface area (Å²) in [6, 6.07) is 6.16. The van der Waals surface area contributed by atoms with Gasteiger partial charge < -0.3 is 9.47 Å². The minimum Gasteiger partial charge on any atom is -0.465 e. The zero-order chi connectivity index (χ0) is 20.8. The molecule has 162 valence electrons. The van der Waals surface area contributed by atoms with Crippen LogP contribution in [0.15, 0.2) is 30.5 Å². The average Bonchev–Trinajstić information content (AvgIpc) is 3.65. The molecule has 6 nitrogen and oxygen atoms in total. The highest BCUT2D eigenvalue weighted by Crippen LogP contribution is 2.33. The fraction of sp³-hybridized carbons (Fsp3) is 0.478. The minimum atomic E-state index is -0.543. The molecule has 0 unspecified atom stereocenters. The van der Waals surface area contributed by atoms with E-state index in [4.69, 9.17) is 4.74 Å². The zero-order valence-corrected chi connectivity index (χ0v) is 16.7. The lowest BCUT2D eigenvalue weighted by Crippen LogP contribution is -2.09. The maximum Gasteiger partial charge on any atom is 0.339 e. The van der Waals surface area contributed by atoms with E-state index in [2.05, 4.69) is 14.7 Å². The summed E-state index contributed by atoms with van der Waals surface area (Å²) in [5, 5.41) is 0. The maximum atomic E-state index is 12.9. The van der Waals surface area contributed by atoms with E-state index in [0.717, 1.165) is 30.9 Å². The fourth-order valence-electron chi connectivity index (χ4n) is 3.01. The van der Waals surface area contributed by atoms with Gasteiger partial charge >= 0.3 is 11.9 Å². The molecule has 0 amide bonds. The summed E-state index contributed by atoms with van der Waals surface area (Å²) in [5.74, 6) is 0.0150. The van der Waals surface area contributed by atoms with Crippen molar-refractivity contribution < 1.29 is 23.5 Å². The Kier molecular flexibility index (Phi) is 8.45. The zero-order valence-electron chi connectivity index (χ0n) is 16.7. The van der Waals surface area contributed by atoms with Crippen molar-refractivity contribution in [2.75, 3.05) is 14.2 Å². The Morgan fingerprint density at radius 2 is 1.47 bits per heavy atom. The first kappa shape index (κ1) is 23.4. The van der Waals surface area contributed by atoms with E-state index in [-0.39, 0.29) is 13.4 Å². The first-order chi connectivity index (χ1) is 14.0. The third-order valence-electron chi connectivity index (χ3n) is 5.00. The second-order valence-electron chi connectivity index (χ2n) is 7.40. The molecule has 2 aromatic heterocycles. The Labute approximate surface area is 176 Å². The molecule has 4 rings (SSSR count). The van der Waals surface area contributed by atoms with Crippen molar-refractivity contribution >= 4 is 11.9 Å². The quantitative estimate of drug-likeness (QED) is 0.512. The van der Waals surface area contributed by atoms with Crippen LogP contribution < -0.4 is 0 Å². The van der Waals surface area contributed by atoms with E-state index in [0.29, 0.717) is 29.2 Å². The molecule has 2 aliphatic carbocycles. The molecule has 0 bridgehead atoms. The number of ether oxygens (including phenoxy) is 2. The van der Waals surface area contributed by atoms with Crippen LogP contribution in [0.3, 0.4) is 0 Å². The van der Waals surface area contributed by atoms with Crippen LogP contribution in [0.25, 0.3) is 0 Å². The summed E-state index contributed by atoms with van der Waals surface area (Å²) in [5.41, 5.74) is 2.39. The van der Waals surface area contributed by atoms with Crippen molar-refractivity contribution in [3.63, 3.8) is 0 Å². The number of esters is 2. The van der Waals surface area contributed by atoms with Gasteiger partial charge in [0.15, 0.2) is 0 Å². The van der Waals surface area contributed by atoms with E-state index in [1.54, 1.807) is 18.3 Å². The largest absolute Gasteiger partial charge is 0.465 e. The molecule has 0 atom stereocenters. The highest BCUT2D eigenvalue weighted by Gasteiger charge is 2.26. The second kappa shape index (κ2) is 10.8. The lowest BCUT2D eigenvalue weighted by atomic mass is 10.1. The molecular weight excluding hydrogens is 387 g/mol. The van der Waals surface area contributed by atoms with Gasteiger partial charge in [-0.25, -0.2) is 14.6 Å². The lowest BCUT2D eigenvalue weighted by molar-refractivity contribution is 0.0589. The lowest BCUT2D eigenvalue weighted by Gasteiger charge is -2.05. The van der Waals surface area contributed by atoms with Crippen molar-refractivity contribution in [3.8, 4) is 0 Å². The summed E-state index contributed by atoms with van der Waals surface area (Å²) in [7, 11) is 2.71. The number of carbonyl (C=O) groups excluding carboxylic acids is 2. The third kappa shape index (κ3) is 6.61. The van der Waals surface area contributed by atoms with Crippen molar-refractivity contribution in [2.24, 2.45) is 11.8 Å². The smallest absolute Gasteiger partial charge is 0.339 e. The molecule has 30 heavy (non-hydrogen) atoms. The van der Waals surface area contributed by atoms with Crippen LogP contribution in [-0.4, -0.2) is 36.1 Å². The van der Waals surface area contributed by atoms with Crippen molar-refractivity contribution in [3.05, 3.63) is 58.9 Å². The average molecular weight is 416 g/mol. The molecule has 0 N–H and O–H groups in total. The van der Waals surface area contributed by atoms with E-state index in [9.17, 15) is 14.0 Å². The van der Waals surface area contributed by atoms with Crippen LogP contribution in [0, 0.1) is 17.8 Å². The first-order valence-electron chi connectivity index (χ1n) is 9.77. The van der Waals surface area contributed by atoms with E-state index in [1.807, 2.05) is 0 Å². The molecule has 0 aromatic carbocycles. The Morgan fingerprint density at radius 1 is 0.933 bits per heavy atom. The molecule has 0 radical (unpaired) electrons. The normalized spacial score (nSPS) is 14.6. The summed E-state index contributed by atoms with van der Waals surface area (Å²) in [4.78, 5) is 30.7. The molecule has 2 aromatic rings. The Morgan fingerprint density at radius 3 is 2.00 bits per heavy atom. The number of nitrogens with zero attached hydrogens (tertiary/aromatic N) is 2. The number of methoxy groups -OCH3 is 2. The number of carbonyl (C=O) groups is 2. The molecule has 2 saturated carbocycles. The molecule has 0 aliphatic heterocycles. The summed E-state index contributed by atoms with van der Waals surface area (Å²) >= 11 is 0. The minimum absolute atomic E-state index is 0. The number of halogens is 1. The molecule has 2 aliphatic rings. The number of hydrogen-bond acceptors (Lipinski definition) is 6. The monoisotopic (exact) mass is 416 g/mol. The first-order valence-corrected chi connectivity index (χ1v) is 9.77. The Hall–Kier alpha value is -2.83. The van der Waals surface area contributed by atoms with Gasteiger partial charge in [0.1, 0.15) is 0 Å². The van der Waals surface area contributed by atoms with Gasteiger partial charge in [-0.2, -0.15) is 4.39 Å². The third-order valence-corrected chi connectivity index (χ3v) is 5.00. The SMILES string of the molecule is C.COC(=O)c1ccc(F)nc1CC1CC1.COC(=O)c1cccnc1CC1CC1. The van der Waals surface area contributed by atoms with Gasteiger partial charge in [-0.05, 0) is 74.6 Å². The molecule has 2 fully saturated rings. The van der Waals surface area contributed by atoms with E-state index < -0.39 is 11.9 Å². The van der Waals surface area contributed by atoms with Gasteiger partial charge in [0.05, 0.1) is 36.7 Å². The van der Waals surface area contributed by atoms with Gasteiger partial charge in [-0.3, -0.25) is 4.98 Å². The molecule has 7 heteroatoms. The standard InChI is InChI=1S/C11H12FNO2.C11H13NO2.CH4/c1-15-11(14)8-4-5-10(12)13-9(8)6-7-2-3-7;1-14-11(13)9-3-2-6-12-10(9)7-8-4-5-8;/h4-5,7H,2-3,6H2,1H3;2-3,6,8H,4-5,7H2,1H3;1H4. The van der Waals surface area contributed by atoms with Crippen molar-refractivity contribution in [2.45, 2.75) is 46.0 Å². The highest BCUT2D eigenvalue weighted by atomic mass is 19.1. The Bertz CT molecular complexity index is 879. The second-order valence-corrected chi connectivity index (χ2v) is 7.40. The molecular formula is C23H29FN2O4. The van der Waals surface area contributed by atoms with E-state index >= 15 is 0 Å². The number of hydrogen-bond donors (Lipinski definition) is 0. The van der Waals surface area contributed by atoms with Gasteiger partial charge in [-0.1, -0.05) is 7.43 Å². The maximum absolute atomic E-state index is 12.9. The molecule has 0 spiro atoms. The number of pyridine rings is 2. The van der Waals surface area contributed by atoms with Crippen LogP contribution in [0.1, 0.15) is 65.2 Å².